The lowest BCUT2D eigenvalue weighted by Gasteiger charge is -2.19. The third kappa shape index (κ3) is 4.18. The maximum Gasteiger partial charge on any atom is 0.573 e. The highest BCUT2D eigenvalue weighted by atomic mass is 32.2. The van der Waals surface area contributed by atoms with Gasteiger partial charge in [-0.15, -0.1) is 13.2 Å². The molecular formula is C8H7F6N3O3S. The fraction of sp³-hybridized carbons (Fsp3) is 0.375. The van der Waals surface area contributed by atoms with Crippen molar-refractivity contribution in [2.24, 2.45) is 10.9 Å². The maximum atomic E-state index is 12.9. The van der Waals surface area contributed by atoms with Crippen molar-refractivity contribution in [1.82, 2.24) is 4.98 Å². The summed E-state index contributed by atoms with van der Waals surface area (Å²) in [7, 11) is -4.94. The van der Waals surface area contributed by atoms with E-state index in [0.29, 0.717) is 0 Å². The van der Waals surface area contributed by atoms with Gasteiger partial charge in [0, 0.05) is 6.54 Å². The van der Waals surface area contributed by atoms with Crippen LogP contribution in [0, 0.1) is 0 Å². The molecule has 4 N–H and O–H groups in total. The van der Waals surface area contributed by atoms with E-state index in [9.17, 15) is 34.8 Å². The fourth-order valence-corrected chi connectivity index (χ4v) is 1.98. The third-order valence-electron chi connectivity index (χ3n) is 2.08. The molecule has 0 fully saturated rings. The van der Waals surface area contributed by atoms with E-state index in [1.54, 1.807) is 0 Å². The molecule has 0 aliphatic heterocycles. The highest BCUT2D eigenvalue weighted by Gasteiger charge is 2.44. The van der Waals surface area contributed by atoms with Gasteiger partial charge in [-0.05, 0) is 0 Å². The lowest BCUT2D eigenvalue weighted by Crippen LogP contribution is -2.26. The second kappa shape index (κ2) is 5.31. The number of hydrogen-bond donors (Lipinski definition) is 2. The Morgan fingerprint density at radius 2 is 1.71 bits per heavy atom. The largest absolute Gasteiger partial charge is 0.573 e. The van der Waals surface area contributed by atoms with E-state index in [1.165, 1.54) is 0 Å². The molecule has 21 heavy (non-hydrogen) atoms. The average Bonchev–Trinajstić information content (AvgIpc) is 2.22. The second-order valence-electron chi connectivity index (χ2n) is 3.57. The van der Waals surface area contributed by atoms with Crippen LogP contribution in [0.1, 0.15) is 11.3 Å². The quantitative estimate of drug-likeness (QED) is 0.802. The minimum absolute atomic E-state index is 0.216. The Morgan fingerprint density at radius 1 is 1.19 bits per heavy atom. The molecule has 0 aliphatic carbocycles. The predicted octanol–water partition coefficient (Wildman–Crippen LogP) is 1.11. The number of halogens is 6. The van der Waals surface area contributed by atoms with Gasteiger partial charge in [0.2, 0.25) is 10.0 Å². The number of nitrogens with two attached hydrogens (primary N) is 2. The average molecular weight is 339 g/mol. The van der Waals surface area contributed by atoms with Gasteiger partial charge in [0.05, 0.1) is 11.9 Å². The van der Waals surface area contributed by atoms with Gasteiger partial charge in [-0.2, -0.15) is 13.2 Å². The van der Waals surface area contributed by atoms with E-state index in [2.05, 4.69) is 14.9 Å². The zero-order chi connectivity index (χ0) is 16.6. The molecule has 0 radical (unpaired) electrons. The van der Waals surface area contributed by atoms with Crippen molar-refractivity contribution < 1.29 is 39.5 Å². The van der Waals surface area contributed by atoms with Gasteiger partial charge in [0.25, 0.3) is 0 Å². The van der Waals surface area contributed by atoms with Crippen molar-refractivity contribution in [3.8, 4) is 5.75 Å². The third-order valence-corrected chi connectivity index (χ3v) is 2.98. The van der Waals surface area contributed by atoms with Crippen molar-refractivity contribution in [2.45, 2.75) is 24.0 Å². The molecule has 1 rings (SSSR count). The zero-order valence-electron chi connectivity index (χ0n) is 9.79. The van der Waals surface area contributed by atoms with Gasteiger partial charge in [-0.25, -0.2) is 13.6 Å². The second-order valence-corrected chi connectivity index (χ2v) is 5.10. The molecule has 0 saturated heterocycles. The summed E-state index contributed by atoms with van der Waals surface area (Å²) in [6.07, 6.45) is -10.7. The van der Waals surface area contributed by atoms with E-state index in [-0.39, 0.29) is 6.20 Å². The van der Waals surface area contributed by atoms with Gasteiger partial charge >= 0.3 is 12.5 Å². The predicted molar refractivity (Wildman–Crippen MR) is 55.2 cm³/mol. The molecule has 0 aromatic carbocycles. The minimum Gasteiger partial charge on any atom is -0.404 e. The number of nitrogens with zero attached hydrogens (tertiary/aromatic N) is 1. The van der Waals surface area contributed by atoms with Crippen molar-refractivity contribution in [1.29, 1.82) is 0 Å². The highest BCUT2D eigenvalue weighted by molar-refractivity contribution is 7.89. The summed E-state index contributed by atoms with van der Waals surface area (Å²) in [6, 6.07) is 0. The summed E-state index contributed by atoms with van der Waals surface area (Å²) in [5, 5.41) is 4.57. The molecular weight excluding hydrogens is 332 g/mol. The zero-order valence-corrected chi connectivity index (χ0v) is 10.6. The van der Waals surface area contributed by atoms with Gasteiger partial charge in [-0.1, -0.05) is 0 Å². The Kier molecular flexibility index (Phi) is 4.41. The molecule has 0 amide bonds. The summed E-state index contributed by atoms with van der Waals surface area (Å²) in [5.74, 6) is -2.01. The lowest BCUT2D eigenvalue weighted by molar-refractivity contribution is -0.277. The van der Waals surface area contributed by atoms with Gasteiger partial charge < -0.3 is 10.5 Å². The van der Waals surface area contributed by atoms with Gasteiger partial charge in [-0.3, -0.25) is 4.98 Å². The van der Waals surface area contributed by atoms with Crippen LogP contribution >= 0.6 is 0 Å². The number of aromatic nitrogens is 1. The SMILES string of the molecule is NCc1ncc(S(N)(=O)=O)c(OC(F)(F)F)c1C(F)(F)F. The number of alkyl halides is 6. The molecule has 13 heteroatoms. The van der Waals surface area contributed by atoms with E-state index in [1.807, 2.05) is 0 Å². The smallest absolute Gasteiger partial charge is 0.404 e. The maximum absolute atomic E-state index is 12.9. The Labute approximate surface area is 113 Å². The van der Waals surface area contributed by atoms with Crippen LogP contribution in [0.4, 0.5) is 26.3 Å². The van der Waals surface area contributed by atoms with Crippen molar-refractivity contribution >= 4 is 10.0 Å². The molecule has 0 atom stereocenters. The van der Waals surface area contributed by atoms with Crippen LogP contribution in [0.15, 0.2) is 11.1 Å². The van der Waals surface area contributed by atoms with E-state index in [4.69, 9.17) is 5.73 Å². The first kappa shape index (κ1) is 17.5. The topological polar surface area (TPSA) is 108 Å². The van der Waals surface area contributed by atoms with Crippen LogP contribution in [-0.4, -0.2) is 19.8 Å². The molecule has 0 saturated carbocycles. The Morgan fingerprint density at radius 3 is 2.05 bits per heavy atom. The van der Waals surface area contributed by atoms with Crippen LogP contribution < -0.4 is 15.6 Å². The molecule has 0 unspecified atom stereocenters. The van der Waals surface area contributed by atoms with Crippen LogP contribution in [0.2, 0.25) is 0 Å². The Bertz CT molecular complexity index is 640. The van der Waals surface area contributed by atoms with E-state index >= 15 is 0 Å². The van der Waals surface area contributed by atoms with E-state index in [0.717, 1.165) is 0 Å². The fourth-order valence-electron chi connectivity index (χ4n) is 1.38. The van der Waals surface area contributed by atoms with Crippen LogP contribution in [0.3, 0.4) is 0 Å². The number of sulfonamides is 1. The molecule has 0 spiro atoms. The monoisotopic (exact) mass is 339 g/mol. The first-order valence-corrected chi connectivity index (χ1v) is 6.39. The van der Waals surface area contributed by atoms with Gasteiger partial charge in [0.15, 0.2) is 5.75 Å². The minimum atomic E-state index is -5.58. The summed E-state index contributed by atoms with van der Waals surface area (Å²) in [5.41, 5.74) is 1.89. The summed E-state index contributed by atoms with van der Waals surface area (Å²) >= 11 is 0. The molecule has 1 aromatic heterocycles. The standard InChI is InChI=1S/C8H7F6N3O3S/c9-7(10,11)5-3(1-15)17-2-4(21(16,18)19)6(5)20-8(12,13)14/h2H,1,15H2,(H2,16,18,19). The molecule has 1 aromatic rings. The summed E-state index contributed by atoms with van der Waals surface area (Å²) in [6.45, 7) is -0.895. The number of pyridine rings is 1. The van der Waals surface area contributed by atoms with Crippen LogP contribution in [0.25, 0.3) is 0 Å². The highest BCUT2D eigenvalue weighted by Crippen LogP contribution is 2.43. The van der Waals surface area contributed by atoms with Crippen molar-refractivity contribution in [2.75, 3.05) is 0 Å². The summed E-state index contributed by atoms with van der Waals surface area (Å²) < 4.78 is 101. The van der Waals surface area contributed by atoms with E-state index < -0.39 is 51.0 Å². The number of hydrogen-bond acceptors (Lipinski definition) is 5. The molecule has 120 valence electrons. The Hall–Kier alpha value is -1.60. The van der Waals surface area contributed by atoms with Crippen LogP contribution in [0.5, 0.6) is 5.75 Å². The molecule has 0 bridgehead atoms. The number of rotatable bonds is 3. The van der Waals surface area contributed by atoms with Crippen molar-refractivity contribution in [3.05, 3.63) is 17.5 Å². The molecule has 6 nitrogen and oxygen atoms in total. The first-order valence-electron chi connectivity index (χ1n) is 4.85. The first-order chi connectivity index (χ1) is 9.27. The van der Waals surface area contributed by atoms with Crippen LogP contribution in [-0.2, 0) is 22.7 Å². The summed E-state index contributed by atoms with van der Waals surface area (Å²) in [4.78, 5) is 1.52. The lowest BCUT2D eigenvalue weighted by atomic mass is 10.1. The Balaban J connectivity index is 3.80. The molecule has 1 heterocycles. The number of ether oxygens (including phenoxy) is 1. The molecule has 0 aliphatic rings. The van der Waals surface area contributed by atoms with Gasteiger partial charge in [0.1, 0.15) is 10.5 Å². The number of primary sulfonamides is 1. The normalized spacial score (nSPS) is 13.3. The van der Waals surface area contributed by atoms with Crippen molar-refractivity contribution in [3.63, 3.8) is 0 Å².